The molecular formula is C8H16F3NOS. The van der Waals surface area contributed by atoms with Crippen LogP contribution in [0.25, 0.3) is 0 Å². The van der Waals surface area contributed by atoms with Gasteiger partial charge in [0, 0.05) is 18.4 Å². The van der Waals surface area contributed by atoms with Crippen LogP contribution in [0.5, 0.6) is 0 Å². The second kappa shape index (κ2) is 7.36. The van der Waals surface area contributed by atoms with E-state index in [1.54, 1.807) is 18.8 Å². The maximum atomic E-state index is 11.7. The molecule has 1 atom stereocenters. The lowest BCUT2D eigenvalue weighted by Crippen LogP contribution is -2.29. The average Bonchev–Trinajstić information content (AvgIpc) is 2.08. The van der Waals surface area contributed by atoms with Gasteiger partial charge in [-0.25, -0.2) is 0 Å². The van der Waals surface area contributed by atoms with Crippen LogP contribution in [0.2, 0.25) is 0 Å². The molecule has 2 nitrogen and oxygen atoms in total. The summed E-state index contributed by atoms with van der Waals surface area (Å²) in [5, 5.41) is 3.02. The topological polar surface area (TPSA) is 21.3 Å². The molecule has 86 valence electrons. The molecule has 0 saturated carbocycles. The van der Waals surface area contributed by atoms with E-state index in [9.17, 15) is 13.2 Å². The van der Waals surface area contributed by atoms with Crippen molar-refractivity contribution in [3.05, 3.63) is 0 Å². The van der Waals surface area contributed by atoms with Gasteiger partial charge in [-0.2, -0.15) is 24.9 Å². The van der Waals surface area contributed by atoms with Crippen LogP contribution in [-0.4, -0.2) is 44.5 Å². The standard InChI is InChI=1S/C8H16F3NOS/c1-12-7(5-14-2)3-4-13-6-8(9,10)11/h7,12H,3-6H2,1-2H3. The third kappa shape index (κ3) is 8.65. The molecule has 0 aromatic carbocycles. The number of hydrogen-bond donors (Lipinski definition) is 1. The minimum absolute atomic E-state index is 0.144. The molecule has 0 rings (SSSR count). The first-order valence-corrected chi connectivity index (χ1v) is 5.69. The summed E-state index contributed by atoms with van der Waals surface area (Å²) in [5.41, 5.74) is 0. The third-order valence-corrected chi connectivity index (χ3v) is 2.39. The van der Waals surface area contributed by atoms with E-state index in [1.807, 2.05) is 6.26 Å². The van der Waals surface area contributed by atoms with E-state index < -0.39 is 12.8 Å². The second-order valence-electron chi connectivity index (χ2n) is 2.90. The summed E-state index contributed by atoms with van der Waals surface area (Å²) in [5.74, 6) is 0.881. The molecule has 0 fully saturated rings. The van der Waals surface area contributed by atoms with Crippen LogP contribution in [-0.2, 0) is 4.74 Å². The number of alkyl halides is 3. The molecule has 0 aliphatic carbocycles. The van der Waals surface area contributed by atoms with Crippen LogP contribution in [0.15, 0.2) is 0 Å². The van der Waals surface area contributed by atoms with E-state index in [1.165, 1.54) is 0 Å². The second-order valence-corrected chi connectivity index (χ2v) is 3.81. The Bertz CT molecular complexity index is 143. The summed E-state index contributed by atoms with van der Waals surface area (Å²) < 4.78 is 39.5. The molecule has 0 bridgehead atoms. The predicted octanol–water partition coefficient (Wildman–Crippen LogP) is 1.91. The fourth-order valence-corrected chi connectivity index (χ4v) is 1.66. The van der Waals surface area contributed by atoms with Gasteiger partial charge in [0.2, 0.25) is 0 Å². The Morgan fingerprint density at radius 2 is 2.07 bits per heavy atom. The van der Waals surface area contributed by atoms with Crippen molar-refractivity contribution < 1.29 is 17.9 Å². The smallest absolute Gasteiger partial charge is 0.372 e. The first-order chi connectivity index (χ1) is 6.49. The van der Waals surface area contributed by atoms with E-state index in [0.717, 1.165) is 5.75 Å². The van der Waals surface area contributed by atoms with Gasteiger partial charge in [-0.3, -0.25) is 0 Å². The van der Waals surface area contributed by atoms with Crippen molar-refractivity contribution in [2.75, 3.05) is 32.3 Å². The van der Waals surface area contributed by atoms with E-state index in [0.29, 0.717) is 6.42 Å². The number of nitrogens with one attached hydrogen (secondary N) is 1. The molecular weight excluding hydrogens is 215 g/mol. The first kappa shape index (κ1) is 14.1. The fraction of sp³-hybridized carbons (Fsp3) is 1.00. The summed E-state index contributed by atoms with van der Waals surface area (Å²) in [7, 11) is 1.80. The zero-order chi connectivity index (χ0) is 11.0. The van der Waals surface area contributed by atoms with Crippen LogP contribution in [0.1, 0.15) is 6.42 Å². The van der Waals surface area contributed by atoms with E-state index >= 15 is 0 Å². The summed E-state index contributed by atoms with van der Waals surface area (Å²) in [6, 6.07) is 0.221. The zero-order valence-electron chi connectivity index (χ0n) is 8.36. The molecule has 14 heavy (non-hydrogen) atoms. The third-order valence-electron chi connectivity index (χ3n) is 1.65. The minimum Gasteiger partial charge on any atom is -0.372 e. The monoisotopic (exact) mass is 231 g/mol. The summed E-state index contributed by atoms with van der Waals surface area (Å²) in [6.07, 6.45) is -1.65. The molecule has 1 unspecified atom stereocenters. The van der Waals surface area contributed by atoms with Gasteiger partial charge in [0.15, 0.2) is 0 Å². The SMILES string of the molecule is CNC(CCOCC(F)(F)F)CSC. The quantitative estimate of drug-likeness (QED) is 0.676. The Morgan fingerprint density at radius 3 is 2.50 bits per heavy atom. The van der Waals surface area contributed by atoms with Crippen molar-refractivity contribution in [3.8, 4) is 0 Å². The molecule has 1 N–H and O–H groups in total. The van der Waals surface area contributed by atoms with Gasteiger partial charge in [-0.15, -0.1) is 0 Å². The van der Waals surface area contributed by atoms with Gasteiger partial charge in [0.1, 0.15) is 6.61 Å². The van der Waals surface area contributed by atoms with Crippen LogP contribution in [0.4, 0.5) is 13.2 Å². The molecule has 0 saturated heterocycles. The Hall–Kier alpha value is 0.0600. The van der Waals surface area contributed by atoms with Crippen LogP contribution < -0.4 is 5.32 Å². The van der Waals surface area contributed by atoms with Crippen molar-refractivity contribution in [1.29, 1.82) is 0 Å². The number of rotatable bonds is 7. The highest BCUT2D eigenvalue weighted by molar-refractivity contribution is 7.98. The van der Waals surface area contributed by atoms with Gasteiger partial charge in [0.05, 0.1) is 0 Å². The molecule has 0 spiro atoms. The summed E-state index contributed by atoms with van der Waals surface area (Å²) in [6.45, 7) is -1.01. The minimum atomic E-state index is -4.21. The highest BCUT2D eigenvalue weighted by atomic mass is 32.2. The molecule has 0 radical (unpaired) electrons. The maximum Gasteiger partial charge on any atom is 0.411 e. The predicted molar refractivity (Wildman–Crippen MR) is 52.7 cm³/mol. The van der Waals surface area contributed by atoms with Crippen molar-refractivity contribution in [2.45, 2.75) is 18.6 Å². The molecule has 0 heterocycles. The number of ether oxygens (including phenoxy) is 1. The molecule has 0 aromatic rings. The largest absolute Gasteiger partial charge is 0.411 e. The van der Waals surface area contributed by atoms with Crippen molar-refractivity contribution in [2.24, 2.45) is 0 Å². The highest BCUT2D eigenvalue weighted by Gasteiger charge is 2.27. The van der Waals surface area contributed by atoms with Crippen LogP contribution in [0, 0.1) is 0 Å². The van der Waals surface area contributed by atoms with Gasteiger partial charge in [-0.05, 0) is 19.7 Å². The van der Waals surface area contributed by atoms with E-state index in [2.05, 4.69) is 10.1 Å². The van der Waals surface area contributed by atoms with Crippen molar-refractivity contribution >= 4 is 11.8 Å². The number of hydrogen-bond acceptors (Lipinski definition) is 3. The Morgan fingerprint density at radius 1 is 1.43 bits per heavy atom. The fourth-order valence-electron chi connectivity index (χ4n) is 0.926. The molecule has 0 aromatic heterocycles. The van der Waals surface area contributed by atoms with Crippen molar-refractivity contribution in [1.82, 2.24) is 5.32 Å². The Kier molecular flexibility index (Phi) is 7.40. The normalized spacial score (nSPS) is 14.4. The number of thioether (sulfide) groups is 1. The Balaban J connectivity index is 3.42. The number of halogens is 3. The van der Waals surface area contributed by atoms with E-state index in [4.69, 9.17) is 0 Å². The lowest BCUT2D eigenvalue weighted by molar-refractivity contribution is -0.174. The summed E-state index contributed by atoms with van der Waals surface area (Å²) >= 11 is 1.66. The van der Waals surface area contributed by atoms with Gasteiger partial charge in [0.25, 0.3) is 0 Å². The van der Waals surface area contributed by atoms with Gasteiger partial charge >= 0.3 is 6.18 Å². The maximum absolute atomic E-state index is 11.7. The van der Waals surface area contributed by atoms with Gasteiger partial charge in [-0.1, -0.05) is 0 Å². The molecule has 6 heteroatoms. The summed E-state index contributed by atoms with van der Waals surface area (Å²) in [4.78, 5) is 0. The van der Waals surface area contributed by atoms with Gasteiger partial charge < -0.3 is 10.1 Å². The Labute approximate surface area is 86.6 Å². The van der Waals surface area contributed by atoms with Crippen LogP contribution in [0.3, 0.4) is 0 Å². The van der Waals surface area contributed by atoms with Crippen LogP contribution >= 0.6 is 11.8 Å². The van der Waals surface area contributed by atoms with E-state index in [-0.39, 0.29) is 12.6 Å². The lowest BCUT2D eigenvalue weighted by Gasteiger charge is -2.15. The molecule has 0 aliphatic heterocycles. The van der Waals surface area contributed by atoms with Crippen molar-refractivity contribution in [3.63, 3.8) is 0 Å². The first-order valence-electron chi connectivity index (χ1n) is 4.30. The molecule has 0 amide bonds. The average molecular weight is 231 g/mol. The lowest BCUT2D eigenvalue weighted by atomic mass is 10.2. The molecule has 0 aliphatic rings. The zero-order valence-corrected chi connectivity index (χ0v) is 9.17. The highest BCUT2D eigenvalue weighted by Crippen LogP contribution is 2.14.